The van der Waals surface area contributed by atoms with E-state index in [1.165, 1.54) is 0 Å². The van der Waals surface area contributed by atoms with Gasteiger partial charge in [0.1, 0.15) is 5.52 Å². The Morgan fingerprint density at radius 3 is 3.15 bits per heavy atom. The molecule has 2 aromatic rings. The van der Waals surface area contributed by atoms with Crippen molar-refractivity contribution in [2.45, 2.75) is 26.5 Å². The molecule has 0 bridgehead atoms. The summed E-state index contributed by atoms with van der Waals surface area (Å²) in [5.41, 5.74) is 8.81. The van der Waals surface area contributed by atoms with Crippen LogP contribution in [0.4, 0.5) is 5.95 Å². The van der Waals surface area contributed by atoms with Crippen molar-refractivity contribution in [3.8, 4) is 0 Å². The maximum absolute atomic E-state index is 6.03. The van der Waals surface area contributed by atoms with Gasteiger partial charge in [-0.3, -0.25) is 9.47 Å². The molecule has 6 nitrogen and oxygen atoms in total. The van der Waals surface area contributed by atoms with Crippen molar-refractivity contribution in [3.63, 3.8) is 0 Å². The largest absolute Gasteiger partial charge is 0.374 e. The fourth-order valence-corrected chi connectivity index (χ4v) is 2.69. The van der Waals surface area contributed by atoms with E-state index < -0.39 is 0 Å². The third-order valence-electron chi connectivity index (χ3n) is 3.81. The molecule has 6 heteroatoms. The summed E-state index contributed by atoms with van der Waals surface area (Å²) in [6.45, 7) is 8.65. The molecule has 0 amide bonds. The van der Waals surface area contributed by atoms with Gasteiger partial charge in [0.15, 0.2) is 5.65 Å². The van der Waals surface area contributed by atoms with Gasteiger partial charge in [-0.15, -0.1) is 0 Å². The number of nitrogens with two attached hydrogens (primary N) is 1. The molecule has 0 radical (unpaired) electrons. The number of likely N-dealkylation sites (N-methyl/N-ethyl adjacent to an activating group) is 1. The zero-order valence-electron chi connectivity index (χ0n) is 12.0. The zero-order valence-corrected chi connectivity index (χ0v) is 12.0. The van der Waals surface area contributed by atoms with Crippen LogP contribution in [0.15, 0.2) is 12.3 Å². The number of ether oxygens (including phenoxy) is 1. The summed E-state index contributed by atoms with van der Waals surface area (Å²) < 4.78 is 7.79. The number of hydrogen-bond donors (Lipinski definition) is 1. The summed E-state index contributed by atoms with van der Waals surface area (Å²) in [5, 5.41) is 0. The molecule has 1 saturated heterocycles. The second-order valence-corrected chi connectivity index (χ2v) is 5.32. The Hall–Kier alpha value is -1.66. The number of hydrogen-bond acceptors (Lipinski definition) is 5. The molecule has 3 heterocycles. The van der Waals surface area contributed by atoms with Crippen LogP contribution >= 0.6 is 0 Å². The normalized spacial score (nSPS) is 20.6. The Bertz CT molecular complexity index is 609. The van der Waals surface area contributed by atoms with Crippen molar-refractivity contribution in [1.82, 2.24) is 19.4 Å². The summed E-state index contributed by atoms with van der Waals surface area (Å²) in [4.78, 5) is 11.2. The highest BCUT2D eigenvalue weighted by molar-refractivity contribution is 5.74. The van der Waals surface area contributed by atoms with Crippen LogP contribution < -0.4 is 5.73 Å². The van der Waals surface area contributed by atoms with Gasteiger partial charge in [-0.1, -0.05) is 6.92 Å². The number of pyridine rings is 1. The van der Waals surface area contributed by atoms with Crippen LogP contribution in [0.5, 0.6) is 0 Å². The maximum Gasteiger partial charge on any atom is 0.202 e. The van der Waals surface area contributed by atoms with Crippen molar-refractivity contribution < 1.29 is 4.74 Å². The van der Waals surface area contributed by atoms with Gasteiger partial charge in [-0.2, -0.15) is 0 Å². The molecule has 3 rings (SSSR count). The summed E-state index contributed by atoms with van der Waals surface area (Å²) in [6, 6.07) is 2.01. The first-order chi connectivity index (χ1) is 9.67. The molecule has 0 aliphatic carbocycles. The first kappa shape index (κ1) is 13.3. The number of aryl methyl sites for hydroxylation is 1. The van der Waals surface area contributed by atoms with Crippen molar-refractivity contribution in [3.05, 3.63) is 17.8 Å². The standard InChI is InChI=1S/C14H21N5O/c1-3-18-4-5-20-11(8-18)9-19-13-12(17-14(19)15)6-10(2)7-16-13/h6-7,11H,3-5,8-9H2,1-2H3,(H2,15,17). The summed E-state index contributed by atoms with van der Waals surface area (Å²) in [7, 11) is 0. The Balaban J connectivity index is 1.85. The fourth-order valence-electron chi connectivity index (χ4n) is 2.69. The Morgan fingerprint density at radius 2 is 2.35 bits per heavy atom. The van der Waals surface area contributed by atoms with Crippen LogP contribution in [-0.4, -0.2) is 51.8 Å². The number of rotatable bonds is 3. The van der Waals surface area contributed by atoms with Gasteiger partial charge in [0.05, 0.1) is 19.3 Å². The average Bonchev–Trinajstić information content (AvgIpc) is 2.74. The van der Waals surface area contributed by atoms with Crippen molar-refractivity contribution in [1.29, 1.82) is 0 Å². The van der Waals surface area contributed by atoms with Gasteiger partial charge < -0.3 is 10.5 Å². The first-order valence-corrected chi connectivity index (χ1v) is 7.09. The SMILES string of the molecule is CCN1CCOC(Cn2c(N)nc3cc(C)cnc32)C1. The highest BCUT2D eigenvalue weighted by atomic mass is 16.5. The smallest absolute Gasteiger partial charge is 0.202 e. The molecule has 0 aromatic carbocycles. The lowest BCUT2D eigenvalue weighted by molar-refractivity contribution is -0.0336. The van der Waals surface area contributed by atoms with Gasteiger partial charge in [0.2, 0.25) is 5.95 Å². The van der Waals surface area contributed by atoms with E-state index in [1.807, 2.05) is 23.8 Å². The predicted molar refractivity (Wildman–Crippen MR) is 78.5 cm³/mol. The van der Waals surface area contributed by atoms with Gasteiger partial charge in [0.25, 0.3) is 0 Å². The van der Waals surface area contributed by atoms with Crippen LogP contribution in [0.1, 0.15) is 12.5 Å². The maximum atomic E-state index is 6.03. The van der Waals surface area contributed by atoms with Gasteiger partial charge >= 0.3 is 0 Å². The van der Waals surface area contributed by atoms with Crippen LogP contribution in [0.3, 0.4) is 0 Å². The number of imidazole rings is 1. The van der Waals surface area contributed by atoms with E-state index in [4.69, 9.17) is 10.5 Å². The first-order valence-electron chi connectivity index (χ1n) is 7.09. The number of nitrogen functional groups attached to an aromatic ring is 1. The molecule has 1 aliphatic rings. The lowest BCUT2D eigenvalue weighted by atomic mass is 10.2. The van der Waals surface area contributed by atoms with Gasteiger partial charge in [-0.05, 0) is 25.1 Å². The van der Waals surface area contributed by atoms with E-state index >= 15 is 0 Å². The molecule has 108 valence electrons. The minimum atomic E-state index is 0.145. The van der Waals surface area contributed by atoms with Gasteiger partial charge in [-0.25, -0.2) is 9.97 Å². The van der Waals surface area contributed by atoms with Crippen LogP contribution in [0.25, 0.3) is 11.2 Å². The second kappa shape index (κ2) is 5.38. The average molecular weight is 275 g/mol. The molecule has 1 fully saturated rings. The monoisotopic (exact) mass is 275 g/mol. The van der Waals surface area contributed by atoms with E-state index in [0.717, 1.165) is 43.0 Å². The number of morpholine rings is 1. The Labute approximate surface area is 118 Å². The number of fused-ring (bicyclic) bond motifs is 1. The quantitative estimate of drug-likeness (QED) is 0.906. The summed E-state index contributed by atoms with van der Waals surface area (Å²) >= 11 is 0. The van der Waals surface area contributed by atoms with Crippen LogP contribution in [0.2, 0.25) is 0 Å². The third kappa shape index (κ3) is 2.48. The Morgan fingerprint density at radius 1 is 1.50 bits per heavy atom. The highest BCUT2D eigenvalue weighted by Crippen LogP contribution is 2.18. The van der Waals surface area contributed by atoms with E-state index in [9.17, 15) is 0 Å². The fraction of sp³-hybridized carbons (Fsp3) is 0.571. The molecule has 0 spiro atoms. The minimum absolute atomic E-state index is 0.145. The van der Waals surface area contributed by atoms with E-state index in [-0.39, 0.29) is 6.10 Å². The van der Waals surface area contributed by atoms with Crippen LogP contribution in [0, 0.1) is 6.92 Å². The number of nitrogens with zero attached hydrogens (tertiary/aromatic N) is 4. The molecule has 2 aromatic heterocycles. The van der Waals surface area contributed by atoms with Crippen molar-refractivity contribution >= 4 is 17.1 Å². The lowest BCUT2D eigenvalue weighted by Gasteiger charge is -2.32. The van der Waals surface area contributed by atoms with E-state index in [0.29, 0.717) is 12.5 Å². The zero-order chi connectivity index (χ0) is 14.1. The molecular weight excluding hydrogens is 254 g/mol. The van der Waals surface area contributed by atoms with E-state index in [1.54, 1.807) is 0 Å². The lowest BCUT2D eigenvalue weighted by Crippen LogP contribution is -2.44. The van der Waals surface area contributed by atoms with Crippen molar-refractivity contribution in [2.75, 3.05) is 32.0 Å². The Kier molecular flexibility index (Phi) is 3.58. The molecule has 1 aliphatic heterocycles. The van der Waals surface area contributed by atoms with E-state index in [2.05, 4.69) is 21.8 Å². The molecule has 20 heavy (non-hydrogen) atoms. The van der Waals surface area contributed by atoms with Crippen LogP contribution in [-0.2, 0) is 11.3 Å². The second-order valence-electron chi connectivity index (χ2n) is 5.32. The molecule has 0 saturated carbocycles. The highest BCUT2D eigenvalue weighted by Gasteiger charge is 2.21. The minimum Gasteiger partial charge on any atom is -0.374 e. The molecule has 1 atom stereocenters. The van der Waals surface area contributed by atoms with Crippen molar-refractivity contribution in [2.24, 2.45) is 0 Å². The summed E-state index contributed by atoms with van der Waals surface area (Å²) in [5.74, 6) is 0.510. The number of aromatic nitrogens is 3. The number of anilines is 1. The molecule has 1 unspecified atom stereocenters. The molecule has 2 N–H and O–H groups in total. The third-order valence-corrected chi connectivity index (χ3v) is 3.81. The van der Waals surface area contributed by atoms with Gasteiger partial charge in [0, 0.05) is 19.3 Å². The predicted octanol–water partition coefficient (Wildman–Crippen LogP) is 1.04. The summed E-state index contributed by atoms with van der Waals surface area (Å²) in [6.07, 6.45) is 1.99. The topological polar surface area (TPSA) is 69.2 Å². The molecular formula is C14H21N5O.